The van der Waals surface area contributed by atoms with Gasteiger partial charge in [-0.1, -0.05) is 0 Å². The molecule has 1 aliphatic rings. The highest BCUT2D eigenvalue weighted by atomic mass is 16.5. The van der Waals surface area contributed by atoms with Crippen LogP contribution in [0.15, 0.2) is 30.9 Å². The molecular formula is C20H27N5O4. The second-order valence-electron chi connectivity index (χ2n) is 7.18. The molecule has 2 aromatic rings. The summed E-state index contributed by atoms with van der Waals surface area (Å²) in [5.74, 6) is 0.928. The normalized spacial score (nSPS) is 15.6. The van der Waals surface area contributed by atoms with Crippen LogP contribution in [0, 0.1) is 0 Å². The van der Waals surface area contributed by atoms with Crippen molar-refractivity contribution in [3.8, 4) is 11.5 Å². The van der Waals surface area contributed by atoms with Gasteiger partial charge in [0.1, 0.15) is 30.3 Å². The lowest BCUT2D eigenvalue weighted by Gasteiger charge is -2.32. The summed E-state index contributed by atoms with van der Waals surface area (Å²) in [5.41, 5.74) is 0.420. The Bertz CT molecular complexity index is 831. The van der Waals surface area contributed by atoms with Gasteiger partial charge in [0, 0.05) is 38.9 Å². The highest BCUT2D eigenvalue weighted by molar-refractivity contribution is 5.97. The number of rotatable bonds is 7. The van der Waals surface area contributed by atoms with E-state index >= 15 is 0 Å². The zero-order valence-electron chi connectivity index (χ0n) is 17.0. The van der Waals surface area contributed by atoms with E-state index in [9.17, 15) is 9.59 Å². The smallest absolute Gasteiger partial charge is 0.255 e. The Balaban J connectivity index is 1.68. The van der Waals surface area contributed by atoms with Crippen LogP contribution in [0.2, 0.25) is 0 Å². The predicted molar refractivity (Wildman–Crippen MR) is 106 cm³/mol. The van der Waals surface area contributed by atoms with E-state index in [0.29, 0.717) is 36.7 Å². The number of methoxy groups -OCH3 is 1. The monoisotopic (exact) mass is 401 g/mol. The van der Waals surface area contributed by atoms with E-state index in [1.807, 2.05) is 11.8 Å². The van der Waals surface area contributed by atoms with Gasteiger partial charge in [-0.05, 0) is 25.1 Å². The number of nitrogens with zero attached hydrogens (tertiary/aromatic N) is 4. The Morgan fingerprint density at radius 3 is 2.69 bits per heavy atom. The third-order valence-electron chi connectivity index (χ3n) is 4.92. The maximum absolute atomic E-state index is 12.9. The van der Waals surface area contributed by atoms with Gasteiger partial charge in [-0.15, -0.1) is 0 Å². The van der Waals surface area contributed by atoms with E-state index in [4.69, 9.17) is 9.47 Å². The van der Waals surface area contributed by atoms with Crippen molar-refractivity contribution in [2.75, 3.05) is 20.2 Å². The summed E-state index contributed by atoms with van der Waals surface area (Å²) in [6, 6.07) is 5.06. The van der Waals surface area contributed by atoms with Crippen molar-refractivity contribution >= 4 is 11.8 Å². The Morgan fingerprint density at radius 2 is 2.07 bits per heavy atom. The first-order valence-electron chi connectivity index (χ1n) is 9.69. The van der Waals surface area contributed by atoms with Crippen molar-refractivity contribution in [2.24, 2.45) is 0 Å². The maximum atomic E-state index is 12.9. The SMILES string of the molecule is COc1ccc(OC2CCN(C(C)=O)CC2)c(C(=O)NC(C)Cn2cncn2)c1. The van der Waals surface area contributed by atoms with Gasteiger partial charge in [0.25, 0.3) is 5.91 Å². The zero-order valence-corrected chi connectivity index (χ0v) is 17.0. The molecular weight excluding hydrogens is 374 g/mol. The van der Waals surface area contributed by atoms with E-state index in [1.54, 1.807) is 43.2 Å². The first-order valence-corrected chi connectivity index (χ1v) is 9.69. The molecule has 3 rings (SSSR count). The minimum Gasteiger partial charge on any atom is -0.497 e. The summed E-state index contributed by atoms with van der Waals surface area (Å²) in [6.45, 7) is 5.31. The molecule has 9 heteroatoms. The molecule has 0 spiro atoms. The Labute approximate surface area is 170 Å². The number of carbonyl (C=O) groups is 2. The quantitative estimate of drug-likeness (QED) is 0.755. The van der Waals surface area contributed by atoms with Crippen LogP contribution in [0.4, 0.5) is 0 Å². The van der Waals surface area contributed by atoms with Crippen molar-refractivity contribution in [3.63, 3.8) is 0 Å². The van der Waals surface area contributed by atoms with Crippen LogP contribution in [0.5, 0.6) is 11.5 Å². The Morgan fingerprint density at radius 1 is 1.31 bits per heavy atom. The largest absolute Gasteiger partial charge is 0.497 e. The first kappa shape index (κ1) is 20.6. The standard InChI is InChI=1S/C20H27N5O4/c1-14(11-25-13-21-12-22-25)23-20(27)18-10-17(28-3)4-5-19(18)29-16-6-8-24(9-7-16)15(2)26/h4-5,10,12-14,16H,6-9,11H2,1-3H3,(H,23,27). The second-order valence-corrected chi connectivity index (χ2v) is 7.18. The van der Waals surface area contributed by atoms with Gasteiger partial charge in [0.15, 0.2) is 0 Å². The minimum absolute atomic E-state index is 0.0434. The molecule has 2 heterocycles. The lowest BCUT2D eigenvalue weighted by molar-refractivity contribution is -0.130. The van der Waals surface area contributed by atoms with Crippen LogP contribution < -0.4 is 14.8 Å². The number of piperidine rings is 1. The van der Waals surface area contributed by atoms with Crippen LogP contribution in [0.3, 0.4) is 0 Å². The van der Waals surface area contributed by atoms with Gasteiger partial charge >= 0.3 is 0 Å². The molecule has 1 N–H and O–H groups in total. The minimum atomic E-state index is -0.243. The first-order chi connectivity index (χ1) is 14.0. The third kappa shape index (κ3) is 5.46. The van der Waals surface area contributed by atoms with Gasteiger partial charge in [-0.25, -0.2) is 4.98 Å². The molecule has 2 amide bonds. The predicted octanol–water partition coefficient (Wildman–Crippen LogP) is 1.49. The molecule has 156 valence electrons. The summed E-state index contributed by atoms with van der Waals surface area (Å²) in [4.78, 5) is 30.1. The molecule has 29 heavy (non-hydrogen) atoms. The number of likely N-dealkylation sites (tertiary alicyclic amines) is 1. The van der Waals surface area contributed by atoms with Crippen LogP contribution in [-0.2, 0) is 11.3 Å². The number of benzene rings is 1. The summed E-state index contributed by atoms with van der Waals surface area (Å²) in [5, 5.41) is 7.03. The lowest BCUT2D eigenvalue weighted by atomic mass is 10.1. The molecule has 0 saturated carbocycles. The fourth-order valence-corrected chi connectivity index (χ4v) is 3.34. The number of aromatic nitrogens is 3. The molecule has 1 aromatic heterocycles. The molecule has 1 saturated heterocycles. The zero-order chi connectivity index (χ0) is 20.8. The number of carbonyl (C=O) groups excluding carboxylic acids is 2. The summed E-state index contributed by atoms with van der Waals surface area (Å²) >= 11 is 0. The van der Waals surface area contributed by atoms with Crippen molar-refractivity contribution in [1.29, 1.82) is 0 Å². The van der Waals surface area contributed by atoms with Gasteiger partial charge < -0.3 is 19.7 Å². The molecule has 0 aliphatic carbocycles. The van der Waals surface area contributed by atoms with E-state index in [0.717, 1.165) is 12.8 Å². The van der Waals surface area contributed by atoms with E-state index in [2.05, 4.69) is 15.4 Å². The van der Waals surface area contributed by atoms with Crippen LogP contribution >= 0.6 is 0 Å². The molecule has 9 nitrogen and oxygen atoms in total. The molecule has 1 unspecified atom stereocenters. The Hall–Kier alpha value is -3.10. The van der Waals surface area contributed by atoms with Crippen molar-refractivity contribution < 1.29 is 19.1 Å². The second kappa shape index (κ2) is 9.40. The maximum Gasteiger partial charge on any atom is 0.255 e. The average molecular weight is 401 g/mol. The van der Waals surface area contributed by atoms with E-state index < -0.39 is 0 Å². The average Bonchev–Trinajstić information content (AvgIpc) is 3.21. The summed E-state index contributed by atoms with van der Waals surface area (Å²) in [7, 11) is 1.56. The highest BCUT2D eigenvalue weighted by Crippen LogP contribution is 2.27. The van der Waals surface area contributed by atoms with Crippen molar-refractivity contribution in [2.45, 2.75) is 45.4 Å². The number of amides is 2. The number of hydrogen-bond donors (Lipinski definition) is 1. The molecule has 0 radical (unpaired) electrons. The van der Waals surface area contributed by atoms with Gasteiger partial charge in [-0.3, -0.25) is 14.3 Å². The molecule has 1 aliphatic heterocycles. The van der Waals surface area contributed by atoms with Crippen LogP contribution in [0.1, 0.15) is 37.0 Å². The molecule has 1 aromatic carbocycles. The topological polar surface area (TPSA) is 98.6 Å². The number of ether oxygens (including phenoxy) is 2. The lowest BCUT2D eigenvalue weighted by Crippen LogP contribution is -2.41. The third-order valence-corrected chi connectivity index (χ3v) is 4.92. The Kier molecular flexibility index (Phi) is 6.69. The molecule has 1 fully saturated rings. The van der Waals surface area contributed by atoms with Gasteiger partial charge in [0.2, 0.25) is 5.91 Å². The molecule has 1 atom stereocenters. The van der Waals surface area contributed by atoms with Crippen LogP contribution in [0.25, 0.3) is 0 Å². The summed E-state index contributed by atoms with van der Waals surface area (Å²) in [6.07, 6.45) is 4.49. The fourth-order valence-electron chi connectivity index (χ4n) is 3.34. The van der Waals surface area contributed by atoms with Crippen LogP contribution in [-0.4, -0.2) is 63.8 Å². The van der Waals surface area contributed by atoms with E-state index in [-0.39, 0.29) is 24.0 Å². The number of hydrogen-bond acceptors (Lipinski definition) is 6. The van der Waals surface area contributed by atoms with Crippen molar-refractivity contribution in [1.82, 2.24) is 25.0 Å². The van der Waals surface area contributed by atoms with Crippen molar-refractivity contribution in [3.05, 3.63) is 36.4 Å². The summed E-state index contributed by atoms with van der Waals surface area (Å²) < 4.78 is 13.1. The molecule has 0 bridgehead atoms. The highest BCUT2D eigenvalue weighted by Gasteiger charge is 2.24. The fraction of sp³-hybridized carbons (Fsp3) is 0.500. The number of nitrogens with one attached hydrogen (secondary N) is 1. The van der Waals surface area contributed by atoms with Gasteiger partial charge in [0.05, 0.1) is 19.2 Å². The van der Waals surface area contributed by atoms with Gasteiger partial charge in [-0.2, -0.15) is 5.10 Å². The van der Waals surface area contributed by atoms with E-state index in [1.165, 1.54) is 6.33 Å².